The average molecular weight is 455 g/mol. The highest BCUT2D eigenvalue weighted by Gasteiger charge is 2.30. The lowest BCUT2D eigenvalue weighted by Crippen LogP contribution is -2.49. The molecule has 4 rings (SSSR count). The smallest absolute Gasteiger partial charge is 0.162 e. The van der Waals surface area contributed by atoms with Crippen LogP contribution in [-0.4, -0.2) is 51.7 Å². The lowest BCUT2D eigenvalue weighted by molar-refractivity contribution is 0.0118. The molecule has 2 saturated carbocycles. The largest absolute Gasteiger partial charge is 0.491 e. The molecule has 0 spiro atoms. The van der Waals surface area contributed by atoms with E-state index in [1.165, 1.54) is 64.2 Å². The molecule has 0 amide bonds. The Kier molecular flexibility index (Phi) is 8.13. The molecule has 33 heavy (non-hydrogen) atoms. The van der Waals surface area contributed by atoms with Gasteiger partial charge in [-0.3, -0.25) is 9.69 Å². The van der Waals surface area contributed by atoms with E-state index in [2.05, 4.69) is 16.4 Å². The molecule has 2 aliphatic rings. The molecular weight excluding hydrogens is 412 g/mol. The second kappa shape index (κ2) is 11.1. The molecule has 1 aromatic carbocycles. The molecule has 2 fully saturated rings. The third-order valence-corrected chi connectivity index (χ3v) is 7.91. The summed E-state index contributed by atoms with van der Waals surface area (Å²) in [5.41, 5.74) is 2.85. The summed E-state index contributed by atoms with van der Waals surface area (Å²) in [6, 6.07) is 7.20. The fraction of sp³-hybridized carbons (Fsp3) is 0.679. The molecular formula is C28H42N2O3. The summed E-state index contributed by atoms with van der Waals surface area (Å²) in [5.74, 6) is 0.802. The second-order valence-electron chi connectivity index (χ2n) is 10.2. The third kappa shape index (κ3) is 5.46. The first-order chi connectivity index (χ1) is 16.0. The molecule has 0 aliphatic heterocycles. The van der Waals surface area contributed by atoms with Crippen molar-refractivity contribution in [1.29, 1.82) is 0 Å². The number of carbonyl (C=O) groups is 1. The van der Waals surface area contributed by atoms with Gasteiger partial charge in [0.25, 0.3) is 0 Å². The molecule has 1 aromatic heterocycles. The standard InChI is InChI=1S/C28H42N2O3/c1-4-29-20(2)28(21(3)31)26-17-25(15-16-27(26)29)33-19-24(32)18-30(22-11-7-5-8-12-22)23-13-9-6-10-14-23/h15-17,22-24,32H,4-14,18-19H2,1-3H3/t24-/m1/s1. The van der Waals surface area contributed by atoms with Crippen LogP contribution in [0.3, 0.4) is 0 Å². The number of hydrogen-bond donors (Lipinski definition) is 1. The van der Waals surface area contributed by atoms with Gasteiger partial charge in [0.2, 0.25) is 0 Å². The number of carbonyl (C=O) groups excluding carboxylic acids is 1. The molecule has 1 N–H and O–H groups in total. The van der Waals surface area contributed by atoms with Crippen molar-refractivity contribution < 1.29 is 14.6 Å². The fourth-order valence-corrected chi connectivity index (χ4v) is 6.31. The van der Waals surface area contributed by atoms with Crippen molar-refractivity contribution in [2.75, 3.05) is 13.2 Å². The second-order valence-corrected chi connectivity index (χ2v) is 10.2. The van der Waals surface area contributed by atoms with Crippen molar-refractivity contribution >= 4 is 16.7 Å². The minimum Gasteiger partial charge on any atom is -0.491 e. The summed E-state index contributed by atoms with van der Waals surface area (Å²) in [5, 5.41) is 11.9. The van der Waals surface area contributed by atoms with Crippen molar-refractivity contribution in [2.24, 2.45) is 0 Å². The predicted octanol–water partition coefficient (Wildman–Crippen LogP) is 5.88. The van der Waals surface area contributed by atoms with Gasteiger partial charge in [-0.15, -0.1) is 0 Å². The number of benzene rings is 1. The lowest BCUT2D eigenvalue weighted by atomic mass is 9.88. The van der Waals surface area contributed by atoms with Gasteiger partial charge < -0.3 is 14.4 Å². The number of aliphatic hydroxyl groups excluding tert-OH is 1. The number of rotatable bonds is 9. The van der Waals surface area contributed by atoms with Gasteiger partial charge in [-0.2, -0.15) is 0 Å². The number of aliphatic hydroxyl groups is 1. The van der Waals surface area contributed by atoms with E-state index in [0.717, 1.165) is 34.5 Å². The zero-order valence-electron chi connectivity index (χ0n) is 20.8. The Balaban J connectivity index is 1.45. The van der Waals surface area contributed by atoms with Gasteiger partial charge in [-0.05, 0) is 64.7 Å². The van der Waals surface area contributed by atoms with Crippen LogP contribution in [0.5, 0.6) is 5.75 Å². The normalized spacial score (nSPS) is 19.3. The molecule has 0 unspecified atom stereocenters. The van der Waals surface area contributed by atoms with Crippen LogP contribution in [-0.2, 0) is 6.54 Å². The van der Waals surface area contributed by atoms with Crippen LogP contribution in [0.15, 0.2) is 18.2 Å². The SMILES string of the molecule is CCn1c(C)c(C(C)=O)c2cc(OC[C@H](O)CN(C3CCCCC3)C3CCCCC3)ccc21. The first-order valence-corrected chi connectivity index (χ1v) is 13.2. The number of fused-ring (bicyclic) bond motifs is 1. The van der Waals surface area contributed by atoms with Crippen LogP contribution < -0.4 is 4.74 Å². The molecule has 5 heteroatoms. The average Bonchev–Trinajstić information content (AvgIpc) is 3.12. The number of Topliss-reactive ketones (excluding diaryl/α,β-unsaturated/α-hetero) is 1. The van der Waals surface area contributed by atoms with Gasteiger partial charge in [0.1, 0.15) is 18.5 Å². The van der Waals surface area contributed by atoms with E-state index in [1.54, 1.807) is 6.92 Å². The number of ketones is 1. The van der Waals surface area contributed by atoms with Gasteiger partial charge in [-0.25, -0.2) is 0 Å². The maximum atomic E-state index is 12.3. The zero-order chi connectivity index (χ0) is 23.4. The van der Waals surface area contributed by atoms with Crippen LogP contribution in [0.4, 0.5) is 0 Å². The van der Waals surface area contributed by atoms with E-state index in [9.17, 15) is 9.90 Å². The maximum absolute atomic E-state index is 12.3. The van der Waals surface area contributed by atoms with Crippen molar-refractivity contribution in [1.82, 2.24) is 9.47 Å². The Labute approximate surface area is 199 Å². The molecule has 2 aliphatic carbocycles. The number of aryl methyl sites for hydroxylation is 1. The summed E-state index contributed by atoms with van der Waals surface area (Å²) in [7, 11) is 0. The summed E-state index contributed by atoms with van der Waals surface area (Å²) >= 11 is 0. The maximum Gasteiger partial charge on any atom is 0.162 e. The van der Waals surface area contributed by atoms with Crippen LogP contribution in [0.2, 0.25) is 0 Å². The highest BCUT2D eigenvalue weighted by atomic mass is 16.5. The number of aromatic nitrogens is 1. The quantitative estimate of drug-likeness (QED) is 0.481. The summed E-state index contributed by atoms with van der Waals surface area (Å²) in [4.78, 5) is 14.9. The van der Waals surface area contributed by atoms with Crippen LogP contribution >= 0.6 is 0 Å². The third-order valence-electron chi connectivity index (χ3n) is 7.91. The summed E-state index contributed by atoms with van der Waals surface area (Å²) < 4.78 is 8.25. The molecule has 0 saturated heterocycles. The number of hydrogen-bond acceptors (Lipinski definition) is 4. The van der Waals surface area contributed by atoms with Gasteiger partial charge in [0.05, 0.1) is 0 Å². The predicted molar refractivity (Wildman–Crippen MR) is 134 cm³/mol. The number of nitrogens with zero attached hydrogens (tertiary/aromatic N) is 2. The molecule has 5 nitrogen and oxygen atoms in total. The molecule has 1 atom stereocenters. The summed E-state index contributed by atoms with van der Waals surface area (Å²) in [6.07, 6.45) is 12.5. The molecule has 2 aromatic rings. The first kappa shape index (κ1) is 24.3. The van der Waals surface area contributed by atoms with E-state index in [0.29, 0.717) is 18.6 Å². The Morgan fingerprint density at radius 3 is 2.24 bits per heavy atom. The molecule has 1 heterocycles. The molecule has 0 bridgehead atoms. The van der Waals surface area contributed by atoms with E-state index < -0.39 is 6.10 Å². The van der Waals surface area contributed by atoms with Crippen LogP contribution in [0.25, 0.3) is 10.9 Å². The van der Waals surface area contributed by atoms with Gasteiger partial charge >= 0.3 is 0 Å². The Morgan fingerprint density at radius 1 is 1.09 bits per heavy atom. The van der Waals surface area contributed by atoms with Crippen LogP contribution in [0.1, 0.15) is 94.1 Å². The highest BCUT2D eigenvalue weighted by molar-refractivity contribution is 6.08. The topological polar surface area (TPSA) is 54.7 Å². The molecule has 182 valence electrons. The first-order valence-electron chi connectivity index (χ1n) is 13.2. The van der Waals surface area contributed by atoms with Crippen molar-refractivity contribution in [3.8, 4) is 5.75 Å². The lowest BCUT2D eigenvalue weighted by Gasteiger charge is -2.42. The van der Waals surface area contributed by atoms with E-state index >= 15 is 0 Å². The van der Waals surface area contributed by atoms with E-state index in [4.69, 9.17) is 4.74 Å². The minimum absolute atomic E-state index is 0.0810. The minimum atomic E-state index is -0.515. The Bertz CT molecular complexity index is 920. The van der Waals surface area contributed by atoms with Gasteiger partial charge in [0, 0.05) is 47.3 Å². The van der Waals surface area contributed by atoms with Gasteiger partial charge in [0.15, 0.2) is 5.78 Å². The van der Waals surface area contributed by atoms with Crippen molar-refractivity contribution in [3.63, 3.8) is 0 Å². The highest BCUT2D eigenvalue weighted by Crippen LogP contribution is 2.32. The Morgan fingerprint density at radius 2 is 1.70 bits per heavy atom. The van der Waals surface area contributed by atoms with E-state index in [-0.39, 0.29) is 12.4 Å². The number of ether oxygens (including phenoxy) is 1. The Hall–Kier alpha value is -1.85. The van der Waals surface area contributed by atoms with Crippen molar-refractivity contribution in [3.05, 3.63) is 29.5 Å². The summed E-state index contributed by atoms with van der Waals surface area (Å²) in [6.45, 7) is 7.54. The van der Waals surface area contributed by atoms with Gasteiger partial charge in [-0.1, -0.05) is 38.5 Å². The van der Waals surface area contributed by atoms with Crippen LogP contribution in [0, 0.1) is 6.92 Å². The fourth-order valence-electron chi connectivity index (χ4n) is 6.31. The van der Waals surface area contributed by atoms with E-state index in [1.807, 2.05) is 25.1 Å². The monoisotopic (exact) mass is 454 g/mol. The van der Waals surface area contributed by atoms with Crippen molar-refractivity contribution in [2.45, 2.75) is 110 Å². The zero-order valence-corrected chi connectivity index (χ0v) is 20.8. The molecule has 0 radical (unpaired) electrons.